The minimum atomic E-state index is -0.898. The predicted molar refractivity (Wildman–Crippen MR) is 89.2 cm³/mol. The molecule has 0 aromatic heterocycles. The lowest BCUT2D eigenvalue weighted by molar-refractivity contribution is -0.145. The molecule has 0 bridgehead atoms. The molecule has 1 atom stereocenters. The normalized spacial score (nSPS) is 11.5. The highest BCUT2D eigenvalue weighted by Gasteiger charge is 2.26. The van der Waals surface area contributed by atoms with E-state index >= 15 is 0 Å². The number of methoxy groups -OCH3 is 2. The van der Waals surface area contributed by atoms with Crippen LogP contribution in [0.15, 0.2) is 48.5 Å². The molecule has 0 N–H and O–H groups in total. The average Bonchev–Trinajstić information content (AvgIpc) is 2.61. The van der Waals surface area contributed by atoms with Crippen molar-refractivity contribution in [1.29, 1.82) is 0 Å². The number of carbonyl (C=O) groups is 2. The number of carbonyl (C=O) groups excluding carboxylic acids is 2. The van der Waals surface area contributed by atoms with Crippen molar-refractivity contribution in [2.24, 2.45) is 0 Å². The third-order valence-corrected chi connectivity index (χ3v) is 3.62. The number of hydrogen-bond acceptors (Lipinski definition) is 5. The molecular weight excluding hydrogens is 308 g/mol. The summed E-state index contributed by atoms with van der Waals surface area (Å²) in [5, 5.41) is 0. The summed E-state index contributed by atoms with van der Waals surface area (Å²) in [6.07, 6.45) is 0. The van der Waals surface area contributed by atoms with Crippen molar-refractivity contribution in [2.45, 2.75) is 19.4 Å². The van der Waals surface area contributed by atoms with Crippen LogP contribution in [-0.4, -0.2) is 26.0 Å². The number of esters is 1. The molecule has 2 aromatic carbocycles. The van der Waals surface area contributed by atoms with E-state index in [0.29, 0.717) is 17.9 Å². The summed E-state index contributed by atoms with van der Waals surface area (Å²) in [4.78, 5) is 23.4. The Labute approximate surface area is 141 Å². The first-order valence-corrected chi connectivity index (χ1v) is 7.49. The van der Waals surface area contributed by atoms with Crippen LogP contribution in [-0.2, 0) is 20.9 Å². The Morgan fingerprint density at radius 2 is 1.50 bits per heavy atom. The molecule has 24 heavy (non-hydrogen) atoms. The summed E-state index contributed by atoms with van der Waals surface area (Å²) in [5.41, 5.74) is 1.60. The van der Waals surface area contributed by atoms with Gasteiger partial charge in [0, 0.05) is 0 Å². The van der Waals surface area contributed by atoms with Crippen LogP contribution in [0.2, 0.25) is 0 Å². The molecule has 1 unspecified atom stereocenters. The fraction of sp³-hybridized carbons (Fsp3) is 0.263. The molecule has 126 valence electrons. The summed E-state index contributed by atoms with van der Waals surface area (Å²) < 4.78 is 15.5. The summed E-state index contributed by atoms with van der Waals surface area (Å²) in [6, 6.07) is 14.5. The van der Waals surface area contributed by atoms with E-state index in [-0.39, 0.29) is 5.78 Å². The van der Waals surface area contributed by atoms with Gasteiger partial charge < -0.3 is 14.2 Å². The van der Waals surface area contributed by atoms with Crippen LogP contribution >= 0.6 is 0 Å². The second kappa shape index (κ2) is 8.15. The zero-order valence-corrected chi connectivity index (χ0v) is 13.9. The van der Waals surface area contributed by atoms with Crippen molar-refractivity contribution in [3.8, 4) is 11.5 Å². The molecular formula is C19H20O5. The second-order valence-corrected chi connectivity index (χ2v) is 5.27. The molecule has 0 fully saturated rings. The van der Waals surface area contributed by atoms with Crippen LogP contribution in [0.25, 0.3) is 0 Å². The first-order valence-electron chi connectivity index (χ1n) is 7.49. The third kappa shape index (κ3) is 4.35. The molecule has 0 amide bonds. The van der Waals surface area contributed by atoms with E-state index in [0.717, 1.165) is 11.3 Å². The fourth-order valence-corrected chi connectivity index (χ4v) is 2.30. The van der Waals surface area contributed by atoms with E-state index in [2.05, 4.69) is 4.74 Å². The second-order valence-electron chi connectivity index (χ2n) is 5.27. The fourth-order valence-electron chi connectivity index (χ4n) is 2.30. The van der Waals surface area contributed by atoms with E-state index in [9.17, 15) is 9.59 Å². The van der Waals surface area contributed by atoms with E-state index in [1.165, 1.54) is 14.0 Å². The van der Waals surface area contributed by atoms with Gasteiger partial charge in [0.2, 0.25) is 0 Å². The lowest BCUT2D eigenvalue weighted by Crippen LogP contribution is -2.21. The molecule has 0 spiro atoms. The quantitative estimate of drug-likeness (QED) is 0.577. The van der Waals surface area contributed by atoms with Gasteiger partial charge in [0.15, 0.2) is 0 Å². The first-order chi connectivity index (χ1) is 11.5. The Hall–Kier alpha value is -2.82. The molecule has 5 nitrogen and oxygen atoms in total. The third-order valence-electron chi connectivity index (χ3n) is 3.62. The van der Waals surface area contributed by atoms with Gasteiger partial charge in [-0.1, -0.05) is 24.3 Å². The summed E-state index contributed by atoms with van der Waals surface area (Å²) in [6.45, 7) is 1.78. The monoisotopic (exact) mass is 328 g/mol. The summed E-state index contributed by atoms with van der Waals surface area (Å²) >= 11 is 0. The number of ether oxygens (including phenoxy) is 3. The molecule has 5 heteroatoms. The maximum Gasteiger partial charge on any atom is 0.320 e. The van der Waals surface area contributed by atoms with Gasteiger partial charge in [0.1, 0.15) is 29.8 Å². The number of hydrogen-bond donors (Lipinski definition) is 0. The molecule has 0 saturated heterocycles. The van der Waals surface area contributed by atoms with Crippen molar-refractivity contribution in [3.63, 3.8) is 0 Å². The standard InChI is InChI=1S/C19H20O5/c1-13(20)18(19(21)23-3)15-6-10-17(11-7-15)24-12-14-4-8-16(22-2)9-5-14/h4-11,18H,12H2,1-3H3. The smallest absolute Gasteiger partial charge is 0.320 e. The lowest BCUT2D eigenvalue weighted by atomic mass is 9.95. The van der Waals surface area contributed by atoms with E-state index in [1.54, 1.807) is 31.4 Å². The van der Waals surface area contributed by atoms with Crippen LogP contribution in [0, 0.1) is 0 Å². The average molecular weight is 328 g/mol. The van der Waals surface area contributed by atoms with Gasteiger partial charge in [0.25, 0.3) is 0 Å². The lowest BCUT2D eigenvalue weighted by Gasteiger charge is -2.13. The molecule has 0 saturated carbocycles. The van der Waals surface area contributed by atoms with E-state index < -0.39 is 11.9 Å². The topological polar surface area (TPSA) is 61.8 Å². The Morgan fingerprint density at radius 1 is 0.917 bits per heavy atom. The van der Waals surface area contributed by atoms with Crippen molar-refractivity contribution in [2.75, 3.05) is 14.2 Å². The Balaban J connectivity index is 2.03. The van der Waals surface area contributed by atoms with Gasteiger partial charge in [-0.25, -0.2) is 0 Å². The van der Waals surface area contributed by atoms with Gasteiger partial charge in [-0.15, -0.1) is 0 Å². The largest absolute Gasteiger partial charge is 0.497 e. The zero-order valence-electron chi connectivity index (χ0n) is 13.9. The van der Waals surface area contributed by atoms with Crippen LogP contribution < -0.4 is 9.47 Å². The highest BCUT2D eigenvalue weighted by atomic mass is 16.5. The van der Waals surface area contributed by atoms with Crippen LogP contribution in [0.4, 0.5) is 0 Å². The van der Waals surface area contributed by atoms with Crippen molar-refractivity contribution in [1.82, 2.24) is 0 Å². The van der Waals surface area contributed by atoms with Gasteiger partial charge in [-0.05, 0) is 42.3 Å². The highest BCUT2D eigenvalue weighted by Crippen LogP contribution is 2.22. The van der Waals surface area contributed by atoms with Crippen molar-refractivity contribution < 1.29 is 23.8 Å². The minimum absolute atomic E-state index is 0.256. The van der Waals surface area contributed by atoms with Crippen LogP contribution in [0.3, 0.4) is 0 Å². The summed E-state index contributed by atoms with van der Waals surface area (Å²) in [5.74, 6) is -0.267. The Bertz CT molecular complexity index is 689. The Morgan fingerprint density at radius 3 is 2.00 bits per heavy atom. The molecule has 2 rings (SSSR count). The number of rotatable bonds is 7. The van der Waals surface area contributed by atoms with Gasteiger partial charge in [0.05, 0.1) is 14.2 Å². The Kier molecular flexibility index (Phi) is 5.95. The molecule has 0 radical (unpaired) electrons. The maximum atomic E-state index is 11.7. The number of ketones is 1. The molecule has 2 aromatic rings. The predicted octanol–water partition coefficient (Wildman–Crippen LogP) is 3.12. The number of Topliss-reactive ketones (excluding diaryl/α,β-unsaturated/α-hetero) is 1. The van der Waals surface area contributed by atoms with Gasteiger partial charge in [-0.3, -0.25) is 9.59 Å². The van der Waals surface area contributed by atoms with Crippen LogP contribution in [0.1, 0.15) is 24.0 Å². The number of benzene rings is 2. The van der Waals surface area contributed by atoms with E-state index in [1.807, 2.05) is 24.3 Å². The molecule has 0 aliphatic rings. The SMILES string of the molecule is COC(=O)C(C(C)=O)c1ccc(OCc2ccc(OC)cc2)cc1. The molecule has 0 aliphatic carbocycles. The zero-order chi connectivity index (χ0) is 17.5. The minimum Gasteiger partial charge on any atom is -0.497 e. The van der Waals surface area contributed by atoms with Gasteiger partial charge >= 0.3 is 5.97 Å². The molecule has 0 heterocycles. The van der Waals surface area contributed by atoms with Crippen molar-refractivity contribution in [3.05, 3.63) is 59.7 Å². The highest BCUT2D eigenvalue weighted by molar-refractivity contribution is 6.03. The molecule has 0 aliphatic heterocycles. The first kappa shape index (κ1) is 17.5. The van der Waals surface area contributed by atoms with Crippen LogP contribution in [0.5, 0.6) is 11.5 Å². The van der Waals surface area contributed by atoms with Gasteiger partial charge in [-0.2, -0.15) is 0 Å². The summed E-state index contributed by atoms with van der Waals surface area (Å²) in [7, 11) is 2.89. The van der Waals surface area contributed by atoms with Crippen molar-refractivity contribution >= 4 is 11.8 Å². The van der Waals surface area contributed by atoms with E-state index in [4.69, 9.17) is 9.47 Å². The maximum absolute atomic E-state index is 11.7.